The summed E-state index contributed by atoms with van der Waals surface area (Å²) in [4.78, 5) is 19.0. The molecule has 24 heavy (non-hydrogen) atoms. The van der Waals surface area contributed by atoms with E-state index in [-0.39, 0.29) is 16.7 Å². The van der Waals surface area contributed by atoms with Crippen LogP contribution in [0.3, 0.4) is 0 Å². The smallest absolute Gasteiger partial charge is 0.340 e. The van der Waals surface area contributed by atoms with Crippen molar-refractivity contribution in [1.82, 2.24) is 9.97 Å². The number of fused-ring (bicyclic) bond motifs is 1. The van der Waals surface area contributed by atoms with Gasteiger partial charge in [-0.15, -0.1) is 0 Å². The first kappa shape index (κ1) is 16.8. The third-order valence-corrected chi connectivity index (χ3v) is 4.66. The highest BCUT2D eigenvalue weighted by molar-refractivity contribution is 6.32. The maximum absolute atomic E-state index is 13.1. The second-order valence-corrected chi connectivity index (χ2v) is 6.89. The summed E-state index contributed by atoms with van der Waals surface area (Å²) < 4.78 is 26.2. The van der Waals surface area contributed by atoms with Crippen molar-refractivity contribution in [3.8, 4) is 0 Å². The topological polar surface area (TPSA) is 63.1 Å². The van der Waals surface area contributed by atoms with E-state index >= 15 is 0 Å². The number of hydrogen-bond donors (Lipinski definition) is 1. The van der Waals surface area contributed by atoms with Crippen LogP contribution in [0.2, 0.25) is 5.15 Å². The molecule has 1 aromatic carbocycles. The number of alkyl halides is 2. The molecule has 4 nitrogen and oxygen atoms in total. The second-order valence-electron chi connectivity index (χ2n) is 6.54. The fraction of sp³-hybridized carbons (Fsp3) is 0.353. The number of hydrogen-bond acceptors (Lipinski definition) is 3. The molecule has 1 heterocycles. The molecule has 1 aliphatic rings. The monoisotopic (exact) mass is 352 g/mol. The Bertz CT molecular complexity index is 824. The second kappa shape index (κ2) is 5.77. The molecule has 7 heteroatoms. The number of aromatic carboxylic acids is 1. The van der Waals surface area contributed by atoms with Gasteiger partial charge in [-0.1, -0.05) is 49.7 Å². The van der Waals surface area contributed by atoms with Gasteiger partial charge in [0.05, 0.1) is 5.69 Å². The summed E-state index contributed by atoms with van der Waals surface area (Å²) in [6, 6.07) is 7.56. The SMILES string of the molecule is CC1(C)Cc2ccccc2C1c1nc(C(F)F)nc(Cl)c1C(=O)O. The maximum Gasteiger partial charge on any atom is 0.340 e. The third kappa shape index (κ3) is 2.65. The van der Waals surface area contributed by atoms with Gasteiger partial charge in [0, 0.05) is 5.92 Å². The molecule has 2 aromatic rings. The van der Waals surface area contributed by atoms with E-state index in [9.17, 15) is 18.7 Å². The number of rotatable bonds is 3. The lowest BCUT2D eigenvalue weighted by atomic mass is 9.76. The van der Waals surface area contributed by atoms with Crippen molar-refractivity contribution in [3.63, 3.8) is 0 Å². The number of halogens is 3. The zero-order chi connectivity index (χ0) is 17.6. The Hall–Kier alpha value is -2.08. The molecule has 1 unspecified atom stereocenters. The van der Waals surface area contributed by atoms with E-state index in [2.05, 4.69) is 9.97 Å². The van der Waals surface area contributed by atoms with Gasteiger partial charge in [0.25, 0.3) is 6.43 Å². The van der Waals surface area contributed by atoms with Crippen LogP contribution in [-0.2, 0) is 6.42 Å². The lowest BCUT2D eigenvalue weighted by Crippen LogP contribution is -2.24. The number of carboxylic acids is 1. The molecule has 0 spiro atoms. The van der Waals surface area contributed by atoms with E-state index < -0.39 is 29.3 Å². The van der Waals surface area contributed by atoms with Crippen LogP contribution in [0, 0.1) is 5.41 Å². The van der Waals surface area contributed by atoms with Gasteiger partial charge in [0.2, 0.25) is 0 Å². The first-order valence-corrected chi connectivity index (χ1v) is 7.76. The zero-order valence-electron chi connectivity index (χ0n) is 13.1. The largest absolute Gasteiger partial charge is 0.478 e. The van der Waals surface area contributed by atoms with Gasteiger partial charge in [0.1, 0.15) is 10.7 Å². The third-order valence-electron chi connectivity index (χ3n) is 4.39. The number of benzene rings is 1. The highest BCUT2D eigenvalue weighted by Gasteiger charge is 2.43. The van der Waals surface area contributed by atoms with E-state index in [0.29, 0.717) is 6.42 Å². The van der Waals surface area contributed by atoms with Gasteiger partial charge in [-0.3, -0.25) is 0 Å². The highest BCUT2D eigenvalue weighted by atomic mass is 35.5. The van der Waals surface area contributed by atoms with Crippen molar-refractivity contribution < 1.29 is 18.7 Å². The molecule has 1 aliphatic carbocycles. The summed E-state index contributed by atoms with van der Waals surface area (Å²) in [6.45, 7) is 3.92. The van der Waals surface area contributed by atoms with Gasteiger partial charge in [0.15, 0.2) is 5.82 Å². The lowest BCUT2D eigenvalue weighted by Gasteiger charge is -2.28. The molecular formula is C17H15ClF2N2O2. The Balaban J connectivity index is 2.30. The van der Waals surface area contributed by atoms with Crippen molar-refractivity contribution in [3.05, 3.63) is 57.6 Å². The summed E-state index contributed by atoms with van der Waals surface area (Å²) in [5.41, 5.74) is 1.30. The molecule has 126 valence electrons. The Kier molecular flexibility index (Phi) is 4.03. The summed E-state index contributed by atoms with van der Waals surface area (Å²) in [7, 11) is 0. The maximum atomic E-state index is 13.1. The number of carboxylic acid groups (broad SMARTS) is 1. The van der Waals surface area contributed by atoms with Crippen molar-refractivity contribution in [2.24, 2.45) is 5.41 Å². The first-order valence-electron chi connectivity index (χ1n) is 7.39. The molecule has 1 atom stereocenters. The molecule has 0 amide bonds. The van der Waals surface area contributed by atoms with Gasteiger partial charge < -0.3 is 5.11 Å². The van der Waals surface area contributed by atoms with Crippen LogP contribution in [0.25, 0.3) is 0 Å². The van der Waals surface area contributed by atoms with Crippen LogP contribution < -0.4 is 0 Å². The van der Waals surface area contributed by atoms with Crippen LogP contribution in [-0.4, -0.2) is 21.0 Å². The number of carbonyl (C=O) groups is 1. The van der Waals surface area contributed by atoms with Crippen molar-refractivity contribution in [2.45, 2.75) is 32.6 Å². The number of aromatic nitrogens is 2. The number of nitrogens with zero attached hydrogens (tertiary/aromatic N) is 2. The zero-order valence-corrected chi connectivity index (χ0v) is 13.8. The lowest BCUT2D eigenvalue weighted by molar-refractivity contribution is 0.0692. The Morgan fingerprint density at radius 3 is 2.62 bits per heavy atom. The minimum atomic E-state index is -2.93. The fourth-order valence-electron chi connectivity index (χ4n) is 3.48. The van der Waals surface area contributed by atoms with Crippen LogP contribution in [0.4, 0.5) is 8.78 Å². The van der Waals surface area contributed by atoms with Crippen molar-refractivity contribution in [1.29, 1.82) is 0 Å². The molecule has 1 N–H and O–H groups in total. The van der Waals surface area contributed by atoms with Gasteiger partial charge in [-0.25, -0.2) is 23.5 Å². The van der Waals surface area contributed by atoms with Crippen LogP contribution in [0.1, 0.15) is 59.2 Å². The van der Waals surface area contributed by atoms with Crippen molar-refractivity contribution in [2.75, 3.05) is 0 Å². The summed E-state index contributed by atoms with van der Waals surface area (Å²) in [5.74, 6) is -2.52. The minimum Gasteiger partial charge on any atom is -0.478 e. The van der Waals surface area contributed by atoms with Gasteiger partial charge >= 0.3 is 5.97 Å². The standard InChI is InChI=1S/C17H15ClF2N2O2/c1-17(2)7-8-5-3-4-6-9(8)11(17)12-10(16(23)24)13(18)22-15(21-12)14(19)20/h3-6,11,14H,7H2,1-2H3,(H,23,24). The van der Waals surface area contributed by atoms with Crippen LogP contribution in [0.5, 0.6) is 0 Å². The predicted molar refractivity (Wildman–Crippen MR) is 84.7 cm³/mol. The normalized spacial score (nSPS) is 18.7. The minimum absolute atomic E-state index is 0.0488. The van der Waals surface area contributed by atoms with Crippen molar-refractivity contribution >= 4 is 17.6 Å². The Morgan fingerprint density at radius 2 is 2.00 bits per heavy atom. The van der Waals surface area contributed by atoms with E-state index in [4.69, 9.17) is 11.6 Å². The molecule has 0 fully saturated rings. The summed E-state index contributed by atoms with van der Waals surface area (Å²) >= 11 is 5.91. The molecule has 0 saturated carbocycles. The molecule has 3 rings (SSSR count). The molecule has 0 radical (unpaired) electrons. The quantitative estimate of drug-likeness (QED) is 0.827. The molecule has 1 aromatic heterocycles. The van der Waals surface area contributed by atoms with Gasteiger partial charge in [-0.05, 0) is 23.0 Å². The van der Waals surface area contributed by atoms with Crippen LogP contribution in [0.15, 0.2) is 24.3 Å². The van der Waals surface area contributed by atoms with Gasteiger partial charge in [-0.2, -0.15) is 0 Å². The fourth-order valence-corrected chi connectivity index (χ4v) is 3.74. The van der Waals surface area contributed by atoms with Crippen LogP contribution >= 0.6 is 11.6 Å². The predicted octanol–water partition coefficient (Wildman–Crippen LogP) is 4.48. The molecular weight excluding hydrogens is 338 g/mol. The van der Waals surface area contributed by atoms with E-state index in [1.165, 1.54) is 0 Å². The molecule has 0 aliphatic heterocycles. The first-order chi connectivity index (χ1) is 11.2. The average molecular weight is 353 g/mol. The highest BCUT2D eigenvalue weighted by Crippen LogP contribution is 2.51. The Labute approximate surface area is 142 Å². The van der Waals surface area contributed by atoms with E-state index in [0.717, 1.165) is 11.1 Å². The average Bonchev–Trinajstić information content (AvgIpc) is 2.75. The molecule has 0 saturated heterocycles. The molecule has 0 bridgehead atoms. The van der Waals surface area contributed by atoms with E-state index in [1.807, 2.05) is 38.1 Å². The summed E-state index contributed by atoms with van der Waals surface area (Å²) in [6.07, 6.45) is -2.23. The summed E-state index contributed by atoms with van der Waals surface area (Å²) in [5, 5.41) is 9.05. The van der Waals surface area contributed by atoms with E-state index in [1.54, 1.807) is 0 Å². The Morgan fingerprint density at radius 1 is 1.33 bits per heavy atom.